The molecule has 111 valence electrons. The summed E-state index contributed by atoms with van der Waals surface area (Å²) in [7, 11) is 0. The highest BCUT2D eigenvalue weighted by Crippen LogP contribution is 2.39. The van der Waals surface area contributed by atoms with Gasteiger partial charge in [-0.3, -0.25) is 9.89 Å². The SMILES string of the molecule is Cc1cc(CC(=O)Nc2cc([C@]3(C)C[CH]CC3)[nH]n2)on1. The zero-order valence-electron chi connectivity index (χ0n) is 12.3. The number of carbonyl (C=O) groups excluding carboxylic acids is 1. The van der Waals surface area contributed by atoms with Crippen LogP contribution in [-0.4, -0.2) is 21.3 Å². The summed E-state index contributed by atoms with van der Waals surface area (Å²) < 4.78 is 5.03. The Labute approximate surface area is 123 Å². The largest absolute Gasteiger partial charge is 0.361 e. The average molecular weight is 287 g/mol. The number of carbonyl (C=O) groups is 1. The number of aromatic amines is 1. The molecule has 1 aliphatic rings. The predicted molar refractivity (Wildman–Crippen MR) is 77.7 cm³/mol. The Hall–Kier alpha value is -2.11. The molecule has 1 radical (unpaired) electrons. The Morgan fingerprint density at radius 1 is 1.52 bits per heavy atom. The topological polar surface area (TPSA) is 83.8 Å². The normalized spacial score (nSPS) is 17.0. The van der Waals surface area contributed by atoms with Crippen molar-refractivity contribution in [2.75, 3.05) is 5.32 Å². The molecule has 2 aromatic rings. The van der Waals surface area contributed by atoms with E-state index in [-0.39, 0.29) is 17.7 Å². The molecule has 1 saturated carbocycles. The second-order valence-corrected chi connectivity index (χ2v) is 5.92. The van der Waals surface area contributed by atoms with Gasteiger partial charge in [0.2, 0.25) is 5.91 Å². The maximum atomic E-state index is 11.9. The van der Waals surface area contributed by atoms with Gasteiger partial charge in [0.15, 0.2) is 5.82 Å². The molecule has 0 saturated heterocycles. The van der Waals surface area contributed by atoms with Crippen molar-refractivity contribution in [2.45, 2.75) is 44.9 Å². The summed E-state index contributed by atoms with van der Waals surface area (Å²) in [5.41, 5.74) is 1.95. The quantitative estimate of drug-likeness (QED) is 0.905. The molecule has 0 spiro atoms. The molecule has 1 atom stereocenters. The molecule has 3 rings (SSSR count). The Balaban J connectivity index is 1.63. The number of nitrogens with one attached hydrogen (secondary N) is 2. The first-order valence-electron chi connectivity index (χ1n) is 7.15. The lowest BCUT2D eigenvalue weighted by molar-refractivity contribution is -0.115. The van der Waals surface area contributed by atoms with E-state index in [9.17, 15) is 4.79 Å². The molecule has 2 N–H and O–H groups in total. The van der Waals surface area contributed by atoms with Crippen LogP contribution in [0, 0.1) is 13.3 Å². The van der Waals surface area contributed by atoms with E-state index < -0.39 is 0 Å². The van der Waals surface area contributed by atoms with Crippen molar-refractivity contribution in [3.8, 4) is 0 Å². The average Bonchev–Trinajstić information content (AvgIpc) is 3.12. The zero-order chi connectivity index (χ0) is 14.9. The number of hydrogen-bond donors (Lipinski definition) is 2. The summed E-state index contributed by atoms with van der Waals surface area (Å²) in [4.78, 5) is 11.9. The van der Waals surface area contributed by atoms with E-state index in [4.69, 9.17) is 4.52 Å². The highest BCUT2D eigenvalue weighted by Gasteiger charge is 2.32. The number of amides is 1. The van der Waals surface area contributed by atoms with Gasteiger partial charge in [0.1, 0.15) is 5.76 Å². The van der Waals surface area contributed by atoms with Crippen molar-refractivity contribution in [2.24, 2.45) is 0 Å². The van der Waals surface area contributed by atoms with Crippen LogP contribution in [0.5, 0.6) is 0 Å². The highest BCUT2D eigenvalue weighted by atomic mass is 16.5. The minimum atomic E-state index is -0.160. The fourth-order valence-corrected chi connectivity index (χ4v) is 2.73. The van der Waals surface area contributed by atoms with Crippen LogP contribution < -0.4 is 5.32 Å². The molecular formula is C15H19N4O2. The molecule has 6 nitrogen and oxygen atoms in total. The zero-order valence-corrected chi connectivity index (χ0v) is 12.3. The summed E-state index contributed by atoms with van der Waals surface area (Å²) in [5, 5.41) is 13.8. The van der Waals surface area contributed by atoms with E-state index in [1.165, 1.54) is 0 Å². The molecule has 0 unspecified atom stereocenters. The van der Waals surface area contributed by atoms with Gasteiger partial charge in [-0.2, -0.15) is 5.10 Å². The smallest absolute Gasteiger partial charge is 0.233 e. The van der Waals surface area contributed by atoms with E-state index in [1.54, 1.807) is 6.07 Å². The van der Waals surface area contributed by atoms with E-state index in [1.807, 2.05) is 13.0 Å². The van der Waals surface area contributed by atoms with Crippen molar-refractivity contribution in [1.29, 1.82) is 0 Å². The molecule has 0 aromatic carbocycles. The van der Waals surface area contributed by atoms with Crippen molar-refractivity contribution in [1.82, 2.24) is 15.4 Å². The number of rotatable bonds is 4. The first-order valence-corrected chi connectivity index (χ1v) is 7.15. The number of aryl methyl sites for hydroxylation is 1. The van der Waals surface area contributed by atoms with E-state index >= 15 is 0 Å². The fourth-order valence-electron chi connectivity index (χ4n) is 2.73. The number of H-pyrrole nitrogens is 1. The summed E-state index contributed by atoms with van der Waals surface area (Å²) in [6, 6.07) is 3.67. The molecule has 2 aromatic heterocycles. The lowest BCUT2D eigenvalue weighted by atomic mass is 9.85. The van der Waals surface area contributed by atoms with Crippen molar-refractivity contribution in [3.05, 3.63) is 35.7 Å². The second-order valence-electron chi connectivity index (χ2n) is 5.92. The van der Waals surface area contributed by atoms with Crippen LogP contribution in [0.2, 0.25) is 0 Å². The molecule has 1 aliphatic carbocycles. The van der Waals surface area contributed by atoms with Gasteiger partial charge in [0.05, 0.1) is 12.1 Å². The molecule has 6 heteroatoms. The number of aromatic nitrogens is 3. The Kier molecular flexibility index (Phi) is 3.53. The molecule has 1 fully saturated rings. The van der Waals surface area contributed by atoms with Gasteiger partial charge in [-0.25, -0.2) is 0 Å². The summed E-state index contributed by atoms with van der Waals surface area (Å²) in [5.74, 6) is 0.949. The third-order valence-electron chi connectivity index (χ3n) is 4.00. The van der Waals surface area contributed by atoms with Crippen molar-refractivity contribution in [3.63, 3.8) is 0 Å². The van der Waals surface area contributed by atoms with Crippen LogP contribution in [0.25, 0.3) is 0 Å². The van der Waals surface area contributed by atoms with Crippen LogP contribution in [0.4, 0.5) is 5.82 Å². The van der Waals surface area contributed by atoms with Crippen LogP contribution >= 0.6 is 0 Å². The second kappa shape index (κ2) is 5.35. The lowest BCUT2D eigenvalue weighted by Crippen LogP contribution is -2.17. The standard InChI is InChI=1S/C15H19N4O2/c1-10-7-11(21-19-10)8-14(20)16-13-9-12(17-18-13)15(2)5-3-4-6-15/h3,7,9H,4-6,8H2,1-2H3,(H2,16,17,18,20)/t15-/m1/s1. The molecule has 0 aliphatic heterocycles. The molecule has 1 amide bonds. The van der Waals surface area contributed by atoms with Crippen molar-refractivity contribution >= 4 is 11.7 Å². The van der Waals surface area contributed by atoms with Gasteiger partial charge in [-0.1, -0.05) is 12.1 Å². The summed E-state index contributed by atoms with van der Waals surface area (Å²) >= 11 is 0. The first kappa shape index (κ1) is 13.9. The number of nitrogens with zero attached hydrogens (tertiary/aromatic N) is 2. The minimum absolute atomic E-state index is 0.109. The van der Waals surface area contributed by atoms with Crippen LogP contribution in [-0.2, 0) is 16.6 Å². The van der Waals surface area contributed by atoms with Gasteiger partial charge < -0.3 is 9.84 Å². The molecule has 2 heterocycles. The van der Waals surface area contributed by atoms with Crippen LogP contribution in [0.15, 0.2) is 16.7 Å². The Bertz CT molecular complexity index is 638. The van der Waals surface area contributed by atoms with Crippen LogP contribution in [0.3, 0.4) is 0 Å². The molecule has 21 heavy (non-hydrogen) atoms. The fraction of sp³-hybridized carbons (Fsp3) is 0.467. The highest BCUT2D eigenvalue weighted by molar-refractivity contribution is 5.91. The van der Waals surface area contributed by atoms with E-state index in [2.05, 4.69) is 34.0 Å². The minimum Gasteiger partial charge on any atom is -0.361 e. The Morgan fingerprint density at radius 3 is 3.05 bits per heavy atom. The molecule has 0 bridgehead atoms. The summed E-state index contributed by atoms with van der Waals surface area (Å²) in [6.07, 6.45) is 5.74. The van der Waals surface area contributed by atoms with Crippen LogP contribution in [0.1, 0.15) is 43.3 Å². The first-order chi connectivity index (χ1) is 10.0. The predicted octanol–water partition coefficient (Wildman–Crippen LogP) is 2.53. The lowest BCUT2D eigenvalue weighted by Gasteiger charge is -2.20. The van der Waals surface area contributed by atoms with Gasteiger partial charge in [0.25, 0.3) is 0 Å². The van der Waals surface area contributed by atoms with E-state index in [0.717, 1.165) is 30.7 Å². The molecular weight excluding hydrogens is 268 g/mol. The van der Waals surface area contributed by atoms with Gasteiger partial charge in [0, 0.05) is 23.2 Å². The van der Waals surface area contributed by atoms with Gasteiger partial charge in [-0.15, -0.1) is 0 Å². The number of anilines is 1. The van der Waals surface area contributed by atoms with Gasteiger partial charge in [-0.05, 0) is 32.6 Å². The third kappa shape index (κ3) is 2.99. The Morgan fingerprint density at radius 2 is 2.38 bits per heavy atom. The third-order valence-corrected chi connectivity index (χ3v) is 4.00. The maximum Gasteiger partial charge on any atom is 0.233 e. The maximum absolute atomic E-state index is 11.9. The monoisotopic (exact) mass is 287 g/mol. The van der Waals surface area contributed by atoms with Gasteiger partial charge >= 0.3 is 0 Å². The summed E-state index contributed by atoms with van der Waals surface area (Å²) in [6.45, 7) is 4.04. The number of hydrogen-bond acceptors (Lipinski definition) is 4. The van der Waals surface area contributed by atoms with Crippen molar-refractivity contribution < 1.29 is 9.32 Å². The van der Waals surface area contributed by atoms with E-state index in [0.29, 0.717) is 11.6 Å².